The smallest absolute Gasteiger partial charge is 0.137 e. The van der Waals surface area contributed by atoms with Gasteiger partial charge in [-0.1, -0.05) is 12.1 Å². The van der Waals surface area contributed by atoms with Crippen molar-refractivity contribution in [1.82, 2.24) is 9.38 Å². The molecule has 1 unspecified atom stereocenters. The van der Waals surface area contributed by atoms with Crippen LogP contribution in [0, 0.1) is 18.3 Å². The first-order valence-electron chi connectivity index (χ1n) is 7.16. The summed E-state index contributed by atoms with van der Waals surface area (Å²) in [5.41, 5.74) is 4.70. The highest BCUT2D eigenvalue weighted by atomic mass is 16.5. The molecule has 0 aliphatic rings. The molecule has 4 nitrogen and oxygen atoms in total. The van der Waals surface area contributed by atoms with Crippen LogP contribution in [0.4, 0.5) is 0 Å². The first kappa shape index (κ1) is 14.2. The number of fused-ring (bicyclic) bond motifs is 1. The van der Waals surface area contributed by atoms with E-state index in [4.69, 9.17) is 9.72 Å². The highest BCUT2D eigenvalue weighted by molar-refractivity contribution is 5.69. The molecule has 22 heavy (non-hydrogen) atoms. The zero-order valence-corrected chi connectivity index (χ0v) is 12.9. The van der Waals surface area contributed by atoms with Crippen molar-refractivity contribution in [3.8, 4) is 23.1 Å². The van der Waals surface area contributed by atoms with Gasteiger partial charge in [-0.25, -0.2) is 4.98 Å². The number of pyridine rings is 1. The fourth-order valence-corrected chi connectivity index (χ4v) is 2.62. The molecule has 3 aromatic rings. The van der Waals surface area contributed by atoms with Crippen LogP contribution in [0.25, 0.3) is 16.9 Å². The van der Waals surface area contributed by atoms with Crippen LogP contribution in [0.15, 0.2) is 42.6 Å². The summed E-state index contributed by atoms with van der Waals surface area (Å²) in [5.74, 6) is 0.528. The zero-order valence-electron chi connectivity index (χ0n) is 12.9. The third-order valence-electron chi connectivity index (χ3n) is 3.77. The van der Waals surface area contributed by atoms with E-state index in [9.17, 15) is 5.26 Å². The summed E-state index contributed by atoms with van der Waals surface area (Å²) in [4.78, 5) is 4.74. The van der Waals surface area contributed by atoms with Gasteiger partial charge < -0.3 is 9.14 Å². The van der Waals surface area contributed by atoms with Crippen molar-refractivity contribution in [1.29, 1.82) is 5.26 Å². The van der Waals surface area contributed by atoms with Crippen molar-refractivity contribution >= 4 is 5.65 Å². The number of hydrogen-bond acceptors (Lipinski definition) is 3. The average Bonchev–Trinajstić information content (AvgIpc) is 2.92. The van der Waals surface area contributed by atoms with E-state index in [0.29, 0.717) is 0 Å². The molecule has 0 amide bonds. The Balaban J connectivity index is 2.30. The van der Waals surface area contributed by atoms with Gasteiger partial charge in [0.05, 0.1) is 30.5 Å². The first-order chi connectivity index (χ1) is 10.6. The molecule has 0 bridgehead atoms. The van der Waals surface area contributed by atoms with E-state index in [1.165, 1.54) is 0 Å². The molecule has 0 radical (unpaired) electrons. The van der Waals surface area contributed by atoms with Gasteiger partial charge in [-0.15, -0.1) is 0 Å². The summed E-state index contributed by atoms with van der Waals surface area (Å²) >= 11 is 0. The predicted molar refractivity (Wildman–Crippen MR) is 85.9 cm³/mol. The number of benzene rings is 1. The fourth-order valence-electron chi connectivity index (χ4n) is 2.62. The van der Waals surface area contributed by atoms with Gasteiger partial charge in [0.25, 0.3) is 0 Å². The van der Waals surface area contributed by atoms with Crippen molar-refractivity contribution in [2.75, 3.05) is 7.11 Å². The third-order valence-corrected chi connectivity index (χ3v) is 3.77. The molecule has 2 heterocycles. The number of methoxy groups -OCH3 is 1. The molecule has 0 saturated carbocycles. The number of aryl methyl sites for hydroxylation is 1. The number of ether oxygens (including phenoxy) is 1. The molecule has 0 N–H and O–H groups in total. The molecule has 4 heteroatoms. The average molecular weight is 291 g/mol. The first-order valence-corrected chi connectivity index (χ1v) is 7.16. The van der Waals surface area contributed by atoms with Crippen LogP contribution in [-0.4, -0.2) is 16.5 Å². The maximum atomic E-state index is 9.38. The van der Waals surface area contributed by atoms with Gasteiger partial charge in [0, 0.05) is 11.8 Å². The van der Waals surface area contributed by atoms with E-state index in [1.54, 1.807) is 7.11 Å². The fraction of sp³-hybridized carbons (Fsp3) is 0.222. The van der Waals surface area contributed by atoms with Gasteiger partial charge in [0.15, 0.2) is 0 Å². The summed E-state index contributed by atoms with van der Waals surface area (Å²) in [6.07, 6.45) is 1.98. The molecule has 110 valence electrons. The van der Waals surface area contributed by atoms with Crippen LogP contribution in [0.2, 0.25) is 0 Å². The molecule has 0 fully saturated rings. The van der Waals surface area contributed by atoms with E-state index < -0.39 is 0 Å². The lowest BCUT2D eigenvalue weighted by Gasteiger charge is -2.08. The Kier molecular flexibility index (Phi) is 3.56. The second-order valence-corrected chi connectivity index (χ2v) is 5.36. The molecule has 1 atom stereocenters. The summed E-state index contributed by atoms with van der Waals surface area (Å²) in [5, 5.41) is 9.38. The van der Waals surface area contributed by atoms with Gasteiger partial charge in [-0.3, -0.25) is 0 Å². The summed E-state index contributed by atoms with van der Waals surface area (Å²) in [6, 6.07) is 14.1. The zero-order chi connectivity index (χ0) is 15.7. The van der Waals surface area contributed by atoms with E-state index in [1.807, 2.05) is 60.8 Å². The highest BCUT2D eigenvalue weighted by Crippen LogP contribution is 2.31. The molecular weight excluding hydrogens is 274 g/mol. The Morgan fingerprint density at radius 3 is 2.82 bits per heavy atom. The van der Waals surface area contributed by atoms with Gasteiger partial charge in [-0.05, 0) is 43.7 Å². The lowest BCUT2D eigenvalue weighted by Crippen LogP contribution is -1.98. The summed E-state index contributed by atoms with van der Waals surface area (Å²) in [7, 11) is 1.64. The monoisotopic (exact) mass is 291 g/mol. The Labute approximate surface area is 129 Å². The van der Waals surface area contributed by atoms with Gasteiger partial charge in [0.1, 0.15) is 11.4 Å². The topological polar surface area (TPSA) is 50.3 Å². The number of aromatic nitrogens is 2. The highest BCUT2D eigenvalue weighted by Gasteiger charge is 2.19. The maximum absolute atomic E-state index is 9.38. The largest absolute Gasteiger partial charge is 0.497 e. The van der Waals surface area contributed by atoms with Gasteiger partial charge in [0.2, 0.25) is 0 Å². The van der Waals surface area contributed by atoms with Crippen molar-refractivity contribution in [3.63, 3.8) is 0 Å². The van der Waals surface area contributed by atoms with Gasteiger partial charge in [-0.2, -0.15) is 5.26 Å². The molecule has 0 aliphatic heterocycles. The van der Waals surface area contributed by atoms with Crippen LogP contribution in [0.5, 0.6) is 5.75 Å². The predicted octanol–water partition coefficient (Wildman–Crippen LogP) is 3.95. The molecule has 0 aliphatic carbocycles. The second-order valence-electron chi connectivity index (χ2n) is 5.36. The SMILES string of the molecule is COc1cccc(-c2nc3cc(C)ccn3c2C(C)C#N)c1. The Morgan fingerprint density at radius 2 is 2.09 bits per heavy atom. The van der Waals surface area contributed by atoms with E-state index >= 15 is 0 Å². The normalized spacial score (nSPS) is 12.1. The Bertz CT molecular complexity index is 874. The lowest BCUT2D eigenvalue weighted by atomic mass is 10.0. The maximum Gasteiger partial charge on any atom is 0.137 e. The Morgan fingerprint density at radius 1 is 1.27 bits per heavy atom. The van der Waals surface area contributed by atoms with Crippen molar-refractivity contribution < 1.29 is 4.74 Å². The van der Waals surface area contributed by atoms with Crippen LogP contribution >= 0.6 is 0 Å². The number of rotatable bonds is 3. The third kappa shape index (κ3) is 2.31. The summed E-state index contributed by atoms with van der Waals surface area (Å²) < 4.78 is 7.29. The van der Waals surface area contributed by atoms with Crippen molar-refractivity contribution in [2.45, 2.75) is 19.8 Å². The molecular formula is C18H17N3O. The molecule has 0 spiro atoms. The quantitative estimate of drug-likeness (QED) is 0.734. The molecule has 0 saturated heterocycles. The number of hydrogen-bond donors (Lipinski definition) is 0. The minimum Gasteiger partial charge on any atom is -0.497 e. The van der Waals surface area contributed by atoms with Gasteiger partial charge >= 0.3 is 0 Å². The standard InChI is InChI=1S/C18H17N3O/c1-12-7-8-21-16(9-12)20-17(18(21)13(2)11-19)14-5-4-6-15(10-14)22-3/h4-10,13H,1-3H3. The van der Waals surface area contributed by atoms with E-state index in [-0.39, 0.29) is 5.92 Å². The van der Waals surface area contributed by atoms with E-state index in [0.717, 1.165) is 33.9 Å². The summed E-state index contributed by atoms with van der Waals surface area (Å²) in [6.45, 7) is 3.93. The van der Waals surface area contributed by atoms with Crippen molar-refractivity contribution in [3.05, 3.63) is 53.9 Å². The van der Waals surface area contributed by atoms with Crippen LogP contribution < -0.4 is 4.74 Å². The second kappa shape index (κ2) is 5.53. The molecule has 3 rings (SSSR count). The lowest BCUT2D eigenvalue weighted by molar-refractivity contribution is 0.415. The number of nitrogens with zero attached hydrogens (tertiary/aromatic N) is 3. The van der Waals surface area contributed by atoms with Crippen LogP contribution in [-0.2, 0) is 0 Å². The molecule has 1 aromatic carbocycles. The minimum atomic E-state index is -0.251. The van der Waals surface area contributed by atoms with E-state index in [2.05, 4.69) is 6.07 Å². The van der Waals surface area contributed by atoms with Crippen LogP contribution in [0.3, 0.4) is 0 Å². The van der Waals surface area contributed by atoms with Crippen LogP contribution in [0.1, 0.15) is 24.1 Å². The van der Waals surface area contributed by atoms with Crippen molar-refractivity contribution in [2.24, 2.45) is 0 Å². The number of imidazole rings is 1. The minimum absolute atomic E-state index is 0.251. The molecule has 2 aromatic heterocycles. The Hall–Kier alpha value is -2.80. The number of nitriles is 1.